The molecule has 4 nitrogen and oxygen atoms in total. The first-order valence-electron chi connectivity index (χ1n) is 4.48. The average Bonchev–Trinajstić information content (AvgIpc) is 2.61. The van der Waals surface area contributed by atoms with Crippen molar-refractivity contribution in [2.24, 2.45) is 5.10 Å². The lowest BCUT2D eigenvalue weighted by Crippen LogP contribution is -2.22. The lowest BCUT2D eigenvalue weighted by atomic mass is 10.2. The van der Waals surface area contributed by atoms with Crippen LogP contribution in [-0.4, -0.2) is 22.8 Å². The molecule has 0 fully saturated rings. The molecule has 0 spiro atoms. The Kier molecular flexibility index (Phi) is 2.78. The van der Waals surface area contributed by atoms with Crippen molar-refractivity contribution in [2.45, 2.75) is 12.6 Å². The molecule has 0 atom stereocenters. The molecule has 0 aliphatic carbocycles. The van der Waals surface area contributed by atoms with Crippen LogP contribution in [0, 0.1) is 0 Å². The molecular formula is C9H5ClF3N3O. The summed E-state index contributed by atoms with van der Waals surface area (Å²) in [6.45, 7) is 0. The second-order valence-corrected chi connectivity index (χ2v) is 3.60. The monoisotopic (exact) mass is 263 g/mol. The topological polar surface area (TPSA) is 45.6 Å². The number of carbonyl (C=O) groups excluding carboxylic acids is 1. The van der Waals surface area contributed by atoms with Crippen molar-refractivity contribution in [3.8, 4) is 0 Å². The third kappa shape index (κ3) is 2.23. The molecule has 0 bridgehead atoms. The van der Waals surface area contributed by atoms with E-state index in [2.05, 4.69) is 10.1 Å². The van der Waals surface area contributed by atoms with Gasteiger partial charge in [-0.15, -0.1) is 0 Å². The summed E-state index contributed by atoms with van der Waals surface area (Å²) >= 11 is 5.68. The van der Waals surface area contributed by atoms with Gasteiger partial charge in [0.25, 0.3) is 5.91 Å². The normalized spacial score (nSPS) is 16.4. The summed E-state index contributed by atoms with van der Waals surface area (Å²) in [5.74, 6) is -0.785. The lowest BCUT2D eigenvalue weighted by Gasteiger charge is -2.11. The number of pyridine rings is 1. The first-order valence-corrected chi connectivity index (χ1v) is 4.85. The first kappa shape index (κ1) is 11.8. The molecule has 2 heterocycles. The van der Waals surface area contributed by atoms with E-state index in [9.17, 15) is 18.0 Å². The molecule has 17 heavy (non-hydrogen) atoms. The Labute approximate surface area is 98.7 Å². The first-order chi connectivity index (χ1) is 7.89. The van der Waals surface area contributed by atoms with Crippen LogP contribution >= 0.6 is 11.6 Å². The Hall–Kier alpha value is -1.63. The van der Waals surface area contributed by atoms with Gasteiger partial charge in [-0.3, -0.25) is 4.79 Å². The van der Waals surface area contributed by atoms with Gasteiger partial charge < -0.3 is 0 Å². The minimum absolute atomic E-state index is 0.0402. The number of aromatic nitrogens is 1. The molecule has 0 saturated heterocycles. The number of amides is 1. The lowest BCUT2D eigenvalue weighted by molar-refractivity contribution is -0.117. The Bertz CT molecular complexity index is 501. The SMILES string of the molecule is O=C1CC(C(F)(F)F)=NN1c1cccnc1Cl. The number of alkyl halides is 3. The Morgan fingerprint density at radius 2 is 2.12 bits per heavy atom. The van der Waals surface area contributed by atoms with E-state index >= 15 is 0 Å². The van der Waals surface area contributed by atoms with Crippen LogP contribution in [-0.2, 0) is 4.79 Å². The molecule has 2 rings (SSSR count). The smallest absolute Gasteiger partial charge is 0.272 e. The molecule has 0 radical (unpaired) electrons. The van der Waals surface area contributed by atoms with Crippen LogP contribution in [0.5, 0.6) is 0 Å². The number of hydrazone groups is 1. The fourth-order valence-electron chi connectivity index (χ4n) is 1.31. The second-order valence-electron chi connectivity index (χ2n) is 3.24. The second kappa shape index (κ2) is 3.99. The fraction of sp³-hybridized carbons (Fsp3) is 0.222. The quantitative estimate of drug-likeness (QED) is 0.730. The van der Waals surface area contributed by atoms with Gasteiger partial charge >= 0.3 is 6.18 Å². The zero-order valence-corrected chi connectivity index (χ0v) is 8.96. The van der Waals surface area contributed by atoms with E-state index in [0.29, 0.717) is 5.01 Å². The summed E-state index contributed by atoms with van der Waals surface area (Å²) in [5, 5.41) is 3.77. The highest BCUT2D eigenvalue weighted by Crippen LogP contribution is 2.30. The maximum atomic E-state index is 12.4. The van der Waals surface area contributed by atoms with Crippen LogP contribution in [0.15, 0.2) is 23.4 Å². The standard InChI is InChI=1S/C9H5ClF3N3O/c10-8-5(2-1-3-14-8)16-7(17)4-6(15-16)9(11,12)13/h1-3H,4H2. The molecule has 1 aromatic heterocycles. The van der Waals surface area contributed by atoms with E-state index in [-0.39, 0.29) is 10.8 Å². The van der Waals surface area contributed by atoms with Crippen molar-refractivity contribution in [3.63, 3.8) is 0 Å². The van der Waals surface area contributed by atoms with E-state index in [0.717, 1.165) is 0 Å². The van der Waals surface area contributed by atoms with Gasteiger partial charge in [0.1, 0.15) is 5.69 Å². The largest absolute Gasteiger partial charge is 0.431 e. The molecule has 1 aromatic rings. The van der Waals surface area contributed by atoms with Crippen molar-refractivity contribution in [3.05, 3.63) is 23.5 Å². The highest BCUT2D eigenvalue weighted by atomic mass is 35.5. The molecule has 8 heteroatoms. The van der Waals surface area contributed by atoms with Crippen molar-refractivity contribution >= 4 is 28.9 Å². The number of hydrogen-bond donors (Lipinski definition) is 0. The van der Waals surface area contributed by atoms with E-state index in [4.69, 9.17) is 11.6 Å². The van der Waals surface area contributed by atoms with Crippen molar-refractivity contribution in [1.29, 1.82) is 0 Å². The number of halogens is 4. The van der Waals surface area contributed by atoms with Crippen LogP contribution in [0.25, 0.3) is 0 Å². The van der Waals surface area contributed by atoms with E-state index in [1.165, 1.54) is 18.3 Å². The van der Waals surface area contributed by atoms with Crippen LogP contribution in [0.3, 0.4) is 0 Å². The molecule has 1 aliphatic rings. The minimum atomic E-state index is -4.61. The van der Waals surface area contributed by atoms with Gasteiger partial charge in [0.05, 0.1) is 6.42 Å². The molecule has 0 saturated carbocycles. The summed E-state index contributed by atoms with van der Waals surface area (Å²) in [4.78, 5) is 15.1. The van der Waals surface area contributed by atoms with Gasteiger partial charge in [-0.1, -0.05) is 11.6 Å². The van der Waals surface area contributed by atoms with Gasteiger partial charge in [0, 0.05) is 6.20 Å². The van der Waals surface area contributed by atoms with E-state index in [1.54, 1.807) is 0 Å². The predicted octanol–water partition coefficient (Wildman–Crippen LogP) is 2.39. The molecule has 0 N–H and O–H groups in total. The highest BCUT2D eigenvalue weighted by Gasteiger charge is 2.43. The van der Waals surface area contributed by atoms with Crippen LogP contribution < -0.4 is 5.01 Å². The molecular weight excluding hydrogens is 259 g/mol. The minimum Gasteiger partial charge on any atom is -0.272 e. The maximum absolute atomic E-state index is 12.4. The van der Waals surface area contributed by atoms with Crippen LogP contribution in [0.1, 0.15) is 6.42 Å². The molecule has 90 valence electrons. The highest BCUT2D eigenvalue weighted by molar-refractivity contribution is 6.33. The Balaban J connectivity index is 2.38. The zero-order valence-electron chi connectivity index (χ0n) is 8.20. The van der Waals surface area contributed by atoms with Gasteiger partial charge in [-0.05, 0) is 12.1 Å². The number of rotatable bonds is 1. The maximum Gasteiger partial charge on any atom is 0.431 e. The van der Waals surface area contributed by atoms with Crippen molar-refractivity contribution in [1.82, 2.24) is 4.98 Å². The number of anilines is 1. The zero-order chi connectivity index (χ0) is 12.6. The Morgan fingerprint density at radius 1 is 1.41 bits per heavy atom. The molecule has 0 aromatic carbocycles. The van der Waals surface area contributed by atoms with Crippen molar-refractivity contribution in [2.75, 3.05) is 5.01 Å². The Morgan fingerprint density at radius 3 is 2.65 bits per heavy atom. The predicted molar refractivity (Wildman–Crippen MR) is 54.8 cm³/mol. The van der Waals surface area contributed by atoms with Gasteiger partial charge in [-0.25, -0.2) is 4.98 Å². The summed E-state index contributed by atoms with van der Waals surface area (Å²) in [7, 11) is 0. The summed E-state index contributed by atoms with van der Waals surface area (Å²) in [6.07, 6.45) is -4.03. The van der Waals surface area contributed by atoms with Gasteiger partial charge in [0.15, 0.2) is 10.9 Å². The summed E-state index contributed by atoms with van der Waals surface area (Å²) in [6, 6.07) is 2.83. The summed E-state index contributed by atoms with van der Waals surface area (Å²) < 4.78 is 37.1. The fourth-order valence-corrected chi connectivity index (χ4v) is 1.51. The van der Waals surface area contributed by atoms with Crippen LogP contribution in [0.4, 0.5) is 18.9 Å². The summed E-state index contributed by atoms with van der Waals surface area (Å²) in [5.41, 5.74) is -1.10. The third-order valence-electron chi connectivity index (χ3n) is 2.07. The molecule has 1 aliphatic heterocycles. The van der Waals surface area contributed by atoms with E-state index < -0.39 is 24.2 Å². The number of nitrogens with zero attached hydrogens (tertiary/aromatic N) is 3. The number of hydrogen-bond acceptors (Lipinski definition) is 3. The van der Waals surface area contributed by atoms with Crippen LogP contribution in [0.2, 0.25) is 5.15 Å². The van der Waals surface area contributed by atoms with Gasteiger partial charge in [-0.2, -0.15) is 23.3 Å². The molecule has 1 amide bonds. The molecule has 0 unspecified atom stereocenters. The van der Waals surface area contributed by atoms with Crippen molar-refractivity contribution < 1.29 is 18.0 Å². The average molecular weight is 264 g/mol. The number of carbonyl (C=O) groups is 1. The van der Waals surface area contributed by atoms with Gasteiger partial charge in [0.2, 0.25) is 0 Å². The van der Waals surface area contributed by atoms with E-state index in [1.807, 2.05) is 0 Å². The third-order valence-corrected chi connectivity index (χ3v) is 2.36.